The van der Waals surface area contributed by atoms with Gasteiger partial charge in [-0.1, -0.05) is 12.1 Å². The van der Waals surface area contributed by atoms with E-state index in [1.165, 1.54) is 23.5 Å². The SMILES string of the molecule is O=[N+]([O-])c1ccc(-c2nnc(-c3nc4ccccc4s3)o2)cc1. The lowest BCUT2D eigenvalue weighted by Crippen LogP contribution is -1.87. The van der Waals surface area contributed by atoms with E-state index < -0.39 is 4.92 Å². The predicted molar refractivity (Wildman–Crippen MR) is 85.0 cm³/mol. The fraction of sp³-hybridized carbons (Fsp3) is 0. The van der Waals surface area contributed by atoms with E-state index >= 15 is 0 Å². The van der Waals surface area contributed by atoms with Crippen LogP contribution in [-0.2, 0) is 0 Å². The molecule has 0 unspecified atom stereocenters. The zero-order valence-corrected chi connectivity index (χ0v) is 12.4. The molecule has 2 aromatic heterocycles. The maximum atomic E-state index is 10.7. The largest absolute Gasteiger partial charge is 0.414 e. The van der Waals surface area contributed by atoms with Crippen molar-refractivity contribution in [2.45, 2.75) is 0 Å². The van der Waals surface area contributed by atoms with E-state index in [0.717, 1.165) is 10.2 Å². The first-order valence-electron chi connectivity index (χ1n) is 6.65. The molecule has 0 spiro atoms. The number of non-ortho nitro benzene ring substituents is 1. The van der Waals surface area contributed by atoms with Crippen molar-refractivity contribution in [1.82, 2.24) is 15.2 Å². The molecular formula is C15H8N4O3S. The minimum absolute atomic E-state index is 0.0136. The summed E-state index contributed by atoms with van der Waals surface area (Å²) in [5, 5.41) is 19.3. The minimum Gasteiger partial charge on any atom is -0.414 e. The molecule has 0 fully saturated rings. The summed E-state index contributed by atoms with van der Waals surface area (Å²) in [7, 11) is 0. The third-order valence-corrected chi connectivity index (χ3v) is 4.25. The molecule has 7 nitrogen and oxygen atoms in total. The van der Waals surface area contributed by atoms with Gasteiger partial charge in [0.05, 0.1) is 15.1 Å². The second-order valence-corrected chi connectivity index (χ2v) is 5.73. The molecule has 0 bridgehead atoms. The van der Waals surface area contributed by atoms with Crippen LogP contribution in [0.3, 0.4) is 0 Å². The van der Waals surface area contributed by atoms with Crippen LogP contribution in [0.5, 0.6) is 0 Å². The number of thiazole rings is 1. The van der Waals surface area contributed by atoms with Crippen LogP contribution in [0.4, 0.5) is 5.69 Å². The molecule has 112 valence electrons. The summed E-state index contributed by atoms with van der Waals surface area (Å²) < 4.78 is 6.68. The van der Waals surface area contributed by atoms with Crippen molar-refractivity contribution in [3.8, 4) is 22.4 Å². The highest BCUT2D eigenvalue weighted by Gasteiger charge is 2.15. The van der Waals surface area contributed by atoms with E-state index in [-0.39, 0.29) is 5.69 Å². The molecule has 8 heteroatoms. The molecule has 23 heavy (non-hydrogen) atoms. The lowest BCUT2D eigenvalue weighted by Gasteiger charge is -1.94. The Morgan fingerprint density at radius 1 is 1.00 bits per heavy atom. The molecule has 0 aliphatic heterocycles. The Morgan fingerprint density at radius 2 is 1.74 bits per heavy atom. The van der Waals surface area contributed by atoms with Crippen LogP contribution in [0.25, 0.3) is 32.6 Å². The third-order valence-electron chi connectivity index (χ3n) is 3.23. The summed E-state index contributed by atoms with van der Waals surface area (Å²) in [6.45, 7) is 0. The fourth-order valence-electron chi connectivity index (χ4n) is 2.12. The highest BCUT2D eigenvalue weighted by Crippen LogP contribution is 2.31. The van der Waals surface area contributed by atoms with Crippen LogP contribution in [-0.4, -0.2) is 20.1 Å². The second-order valence-electron chi connectivity index (χ2n) is 4.70. The summed E-state index contributed by atoms with van der Waals surface area (Å²) in [6.07, 6.45) is 0. The van der Waals surface area contributed by atoms with E-state index in [0.29, 0.717) is 22.4 Å². The van der Waals surface area contributed by atoms with Gasteiger partial charge in [0.2, 0.25) is 5.89 Å². The van der Waals surface area contributed by atoms with Crippen molar-refractivity contribution in [2.75, 3.05) is 0 Å². The van der Waals surface area contributed by atoms with E-state index in [4.69, 9.17) is 4.42 Å². The topological polar surface area (TPSA) is 95.0 Å². The molecule has 0 saturated heterocycles. The molecule has 0 saturated carbocycles. The molecule has 0 atom stereocenters. The zero-order valence-electron chi connectivity index (χ0n) is 11.5. The van der Waals surface area contributed by atoms with Crippen molar-refractivity contribution in [2.24, 2.45) is 0 Å². The van der Waals surface area contributed by atoms with Gasteiger partial charge in [-0.05, 0) is 24.3 Å². The van der Waals surface area contributed by atoms with Crippen LogP contribution in [0.1, 0.15) is 0 Å². The first kappa shape index (κ1) is 13.5. The summed E-state index contributed by atoms with van der Waals surface area (Å²) in [5.74, 6) is 0.633. The first-order valence-corrected chi connectivity index (χ1v) is 7.46. The van der Waals surface area contributed by atoms with Crippen LogP contribution in [0.2, 0.25) is 0 Å². The lowest BCUT2D eigenvalue weighted by molar-refractivity contribution is -0.384. The van der Waals surface area contributed by atoms with Gasteiger partial charge in [0.15, 0.2) is 5.01 Å². The smallest absolute Gasteiger partial charge is 0.277 e. The number of rotatable bonds is 3. The Kier molecular flexibility index (Phi) is 3.09. The van der Waals surface area contributed by atoms with Crippen LogP contribution in [0.15, 0.2) is 52.9 Å². The molecule has 4 rings (SSSR count). The Morgan fingerprint density at radius 3 is 2.48 bits per heavy atom. The van der Waals surface area contributed by atoms with Gasteiger partial charge in [-0.25, -0.2) is 4.98 Å². The van der Waals surface area contributed by atoms with E-state index in [1.54, 1.807) is 12.1 Å². The number of nitro groups is 1. The highest BCUT2D eigenvalue weighted by molar-refractivity contribution is 7.21. The summed E-state index contributed by atoms with van der Waals surface area (Å²) in [5.41, 5.74) is 1.51. The number of nitrogens with zero attached hydrogens (tertiary/aromatic N) is 4. The lowest BCUT2D eigenvalue weighted by atomic mass is 10.2. The molecule has 2 aromatic carbocycles. The van der Waals surface area contributed by atoms with Gasteiger partial charge in [-0.2, -0.15) is 0 Å². The number of aromatic nitrogens is 3. The standard InChI is InChI=1S/C15H8N4O3S/c20-19(21)10-7-5-9(6-8-10)13-17-18-14(22-13)15-16-11-3-1-2-4-12(11)23-15/h1-8H. The van der Waals surface area contributed by atoms with Crippen molar-refractivity contribution in [1.29, 1.82) is 0 Å². The first-order chi connectivity index (χ1) is 11.2. The molecule has 0 radical (unpaired) electrons. The maximum Gasteiger partial charge on any atom is 0.277 e. The number of hydrogen-bond donors (Lipinski definition) is 0. The maximum absolute atomic E-state index is 10.7. The van der Waals surface area contributed by atoms with E-state index in [9.17, 15) is 10.1 Å². The fourth-order valence-corrected chi connectivity index (χ4v) is 3.00. The van der Waals surface area contributed by atoms with Crippen LogP contribution >= 0.6 is 11.3 Å². The molecule has 0 aliphatic carbocycles. The van der Waals surface area contributed by atoms with Crippen molar-refractivity contribution in [3.05, 3.63) is 58.6 Å². The Labute approximate surface area is 133 Å². The minimum atomic E-state index is -0.454. The Balaban J connectivity index is 1.69. The number of para-hydroxylation sites is 1. The summed E-state index contributed by atoms with van der Waals surface area (Å²) >= 11 is 1.47. The van der Waals surface area contributed by atoms with E-state index in [2.05, 4.69) is 15.2 Å². The molecule has 4 aromatic rings. The molecule has 0 amide bonds. The quantitative estimate of drug-likeness (QED) is 0.418. The number of nitro benzene ring substituents is 1. The molecule has 0 aliphatic rings. The average Bonchev–Trinajstić information content (AvgIpc) is 3.21. The van der Waals surface area contributed by atoms with Gasteiger partial charge in [0, 0.05) is 17.7 Å². The van der Waals surface area contributed by atoms with Gasteiger partial charge in [-0.15, -0.1) is 21.5 Å². The molecule has 0 N–H and O–H groups in total. The van der Waals surface area contributed by atoms with Crippen molar-refractivity contribution < 1.29 is 9.34 Å². The van der Waals surface area contributed by atoms with Gasteiger partial charge in [0.1, 0.15) is 0 Å². The average molecular weight is 324 g/mol. The van der Waals surface area contributed by atoms with Gasteiger partial charge in [0.25, 0.3) is 11.6 Å². The predicted octanol–water partition coefficient (Wildman–Crippen LogP) is 3.92. The van der Waals surface area contributed by atoms with Crippen molar-refractivity contribution >= 4 is 27.2 Å². The van der Waals surface area contributed by atoms with Gasteiger partial charge in [-0.3, -0.25) is 10.1 Å². The van der Waals surface area contributed by atoms with Crippen LogP contribution < -0.4 is 0 Å². The van der Waals surface area contributed by atoms with Crippen molar-refractivity contribution in [3.63, 3.8) is 0 Å². The normalized spacial score (nSPS) is 11.0. The van der Waals surface area contributed by atoms with Gasteiger partial charge < -0.3 is 4.42 Å². The van der Waals surface area contributed by atoms with Gasteiger partial charge >= 0.3 is 0 Å². The summed E-state index contributed by atoms with van der Waals surface area (Å²) in [6, 6.07) is 13.7. The zero-order chi connectivity index (χ0) is 15.8. The Hall–Kier alpha value is -3.13. The molecule has 2 heterocycles. The van der Waals surface area contributed by atoms with E-state index in [1.807, 2.05) is 24.3 Å². The highest BCUT2D eigenvalue weighted by atomic mass is 32.1. The second kappa shape index (κ2) is 5.25. The number of benzene rings is 2. The third kappa shape index (κ3) is 2.44. The Bertz CT molecular complexity index is 974. The number of fused-ring (bicyclic) bond motifs is 1. The summed E-state index contributed by atoms with van der Waals surface area (Å²) in [4.78, 5) is 14.7. The molecular weight excluding hydrogens is 316 g/mol. The van der Waals surface area contributed by atoms with Crippen LogP contribution in [0, 0.1) is 10.1 Å². The number of hydrogen-bond acceptors (Lipinski definition) is 7. The monoisotopic (exact) mass is 324 g/mol.